The molecule has 0 saturated heterocycles. The van der Waals surface area contributed by atoms with Crippen molar-refractivity contribution < 1.29 is 17.9 Å². The fourth-order valence-corrected chi connectivity index (χ4v) is 3.72. The molecule has 0 atom stereocenters. The quantitative estimate of drug-likeness (QED) is 0.169. The van der Waals surface area contributed by atoms with Gasteiger partial charge in [0.15, 0.2) is 5.82 Å². The lowest BCUT2D eigenvalue weighted by molar-refractivity contribution is -0.274. The van der Waals surface area contributed by atoms with E-state index in [0.29, 0.717) is 22.2 Å². The van der Waals surface area contributed by atoms with Gasteiger partial charge < -0.3 is 4.74 Å². The number of rotatable bonds is 8. The number of ether oxygens (including phenoxy) is 1. The summed E-state index contributed by atoms with van der Waals surface area (Å²) < 4.78 is 42.3. The molecular weight excluding hydrogens is 513 g/mol. The highest BCUT2D eigenvalue weighted by molar-refractivity contribution is 7.79. The van der Waals surface area contributed by atoms with Crippen molar-refractivity contribution in [2.24, 2.45) is 5.10 Å². The van der Waals surface area contributed by atoms with Crippen LogP contribution in [0.1, 0.15) is 11.1 Å². The predicted molar refractivity (Wildman–Crippen MR) is 137 cm³/mol. The molecule has 7 nitrogen and oxygen atoms in total. The monoisotopic (exact) mass is 530 g/mol. The molecule has 0 saturated carbocycles. The smallest absolute Gasteiger partial charge is 0.406 e. The van der Waals surface area contributed by atoms with E-state index in [1.807, 2.05) is 43.3 Å². The summed E-state index contributed by atoms with van der Waals surface area (Å²) in [5.74, 6) is 0.141. The number of alkyl halides is 3. The van der Waals surface area contributed by atoms with Crippen LogP contribution in [0.2, 0.25) is 5.02 Å². The molecule has 1 heterocycles. The van der Waals surface area contributed by atoms with Gasteiger partial charge in [-0.15, -0.1) is 18.3 Å². The molecule has 0 unspecified atom stereocenters. The number of nitrogens with one attached hydrogen (secondary N) is 1. The third-order valence-corrected chi connectivity index (χ3v) is 5.43. The first-order valence-corrected chi connectivity index (χ1v) is 11.2. The lowest BCUT2D eigenvalue weighted by Gasteiger charge is -2.20. The summed E-state index contributed by atoms with van der Waals surface area (Å²) in [5, 5.41) is 10.7. The van der Waals surface area contributed by atoms with Gasteiger partial charge in [-0.25, -0.2) is 20.2 Å². The SMILES string of the molecule is Cc1cccc(Cl)c1N(C=S)N/N=C/c1ccc(-c2ncn(-c3ccc(OC(F)(F)F)cc3)n2)cc1. The summed E-state index contributed by atoms with van der Waals surface area (Å²) in [7, 11) is 0. The van der Waals surface area contributed by atoms with Crippen LogP contribution in [0, 0.1) is 6.92 Å². The van der Waals surface area contributed by atoms with Crippen LogP contribution in [-0.4, -0.2) is 32.8 Å². The summed E-state index contributed by atoms with van der Waals surface area (Å²) in [6.07, 6.45) is -1.64. The zero-order chi connectivity index (χ0) is 25.7. The lowest BCUT2D eigenvalue weighted by atomic mass is 10.1. The molecule has 0 aliphatic heterocycles. The van der Waals surface area contributed by atoms with Crippen LogP contribution in [-0.2, 0) is 0 Å². The van der Waals surface area contributed by atoms with Crippen LogP contribution in [0.3, 0.4) is 0 Å². The highest BCUT2D eigenvalue weighted by Gasteiger charge is 2.31. The molecule has 0 amide bonds. The minimum atomic E-state index is -4.74. The maximum Gasteiger partial charge on any atom is 0.573 e. The summed E-state index contributed by atoms with van der Waals surface area (Å²) >= 11 is 11.4. The van der Waals surface area contributed by atoms with Crippen LogP contribution in [0.25, 0.3) is 17.1 Å². The Hall–Kier alpha value is -3.96. The fraction of sp³-hybridized carbons (Fsp3) is 0.0833. The van der Waals surface area contributed by atoms with E-state index in [1.54, 1.807) is 17.3 Å². The van der Waals surface area contributed by atoms with Gasteiger partial charge in [0, 0.05) is 5.56 Å². The van der Waals surface area contributed by atoms with Crippen molar-refractivity contribution >= 4 is 41.2 Å². The topological polar surface area (TPSA) is 67.6 Å². The molecule has 4 aromatic rings. The van der Waals surface area contributed by atoms with Crippen molar-refractivity contribution in [3.8, 4) is 22.8 Å². The third-order valence-electron chi connectivity index (χ3n) is 4.91. The van der Waals surface area contributed by atoms with E-state index in [-0.39, 0.29) is 5.75 Å². The minimum Gasteiger partial charge on any atom is -0.406 e. The average Bonchev–Trinajstić information content (AvgIpc) is 3.33. The number of aromatic nitrogens is 3. The van der Waals surface area contributed by atoms with Gasteiger partial charge in [0.05, 0.1) is 28.1 Å². The first-order valence-electron chi connectivity index (χ1n) is 10.4. The molecule has 1 N–H and O–H groups in total. The number of halogens is 4. The van der Waals surface area contributed by atoms with Crippen molar-refractivity contribution in [2.75, 3.05) is 5.01 Å². The Bertz CT molecular complexity index is 1350. The van der Waals surface area contributed by atoms with Crippen molar-refractivity contribution in [1.29, 1.82) is 0 Å². The highest BCUT2D eigenvalue weighted by Crippen LogP contribution is 2.28. The Morgan fingerprint density at radius 1 is 1.08 bits per heavy atom. The van der Waals surface area contributed by atoms with Gasteiger partial charge in [-0.05, 0) is 48.4 Å². The molecule has 4 rings (SSSR count). The first kappa shape index (κ1) is 25.1. The number of hydrogen-bond acceptors (Lipinski definition) is 6. The van der Waals surface area contributed by atoms with E-state index in [4.69, 9.17) is 23.8 Å². The predicted octanol–water partition coefficient (Wildman–Crippen LogP) is 6.10. The molecule has 1 aromatic heterocycles. The highest BCUT2D eigenvalue weighted by atomic mass is 35.5. The molecule has 0 bridgehead atoms. The Kier molecular flexibility index (Phi) is 7.51. The maximum absolute atomic E-state index is 12.3. The second kappa shape index (κ2) is 10.8. The van der Waals surface area contributed by atoms with E-state index in [2.05, 4.69) is 25.5 Å². The minimum absolute atomic E-state index is 0.311. The van der Waals surface area contributed by atoms with Crippen LogP contribution in [0.4, 0.5) is 18.9 Å². The zero-order valence-corrected chi connectivity index (χ0v) is 20.2. The number of aryl methyl sites for hydroxylation is 1. The molecule has 0 aliphatic rings. The number of para-hydroxylation sites is 1. The van der Waals surface area contributed by atoms with Crippen molar-refractivity contribution in [3.63, 3.8) is 0 Å². The van der Waals surface area contributed by atoms with Gasteiger partial charge in [-0.1, -0.05) is 60.2 Å². The Morgan fingerprint density at radius 2 is 1.81 bits per heavy atom. The molecule has 0 aliphatic carbocycles. The van der Waals surface area contributed by atoms with Crippen molar-refractivity contribution in [2.45, 2.75) is 13.3 Å². The Labute approximate surface area is 214 Å². The maximum atomic E-state index is 12.3. The molecule has 36 heavy (non-hydrogen) atoms. The fourth-order valence-electron chi connectivity index (χ4n) is 3.26. The van der Waals surface area contributed by atoms with Crippen LogP contribution in [0.5, 0.6) is 5.75 Å². The van der Waals surface area contributed by atoms with Gasteiger partial charge in [0.25, 0.3) is 0 Å². The largest absolute Gasteiger partial charge is 0.573 e. The number of anilines is 1. The number of hydrogen-bond donors (Lipinski definition) is 1. The number of thiocarbonyl (C=S) groups is 1. The standard InChI is InChI=1S/C24H18ClF3N6OS/c1-16-3-2-4-21(25)22(16)34(15-36)32-30-13-17-5-7-18(8-6-17)23-29-14-33(31-23)19-9-11-20(12-10-19)35-24(26,27)28/h2-15,32H,1H3/b30-13+. The molecule has 0 radical (unpaired) electrons. The van der Waals surface area contributed by atoms with E-state index in [1.165, 1.54) is 40.8 Å². The Morgan fingerprint density at radius 3 is 2.44 bits per heavy atom. The van der Waals surface area contributed by atoms with Gasteiger partial charge in [-0.3, -0.25) is 0 Å². The van der Waals surface area contributed by atoms with Gasteiger partial charge >= 0.3 is 6.36 Å². The lowest BCUT2D eigenvalue weighted by Crippen LogP contribution is -2.33. The zero-order valence-electron chi connectivity index (χ0n) is 18.6. The molecule has 12 heteroatoms. The summed E-state index contributed by atoms with van der Waals surface area (Å²) in [5.41, 5.74) is 8.02. The molecule has 3 aromatic carbocycles. The first-order chi connectivity index (χ1) is 17.2. The normalized spacial score (nSPS) is 11.5. The van der Waals surface area contributed by atoms with Crippen LogP contribution < -0.4 is 15.3 Å². The number of hydrazone groups is 1. The molecule has 0 fully saturated rings. The van der Waals surface area contributed by atoms with Crippen LogP contribution in [0.15, 0.2) is 78.2 Å². The molecule has 184 valence electrons. The molecular formula is C24H18ClF3N6OS. The van der Waals surface area contributed by atoms with Gasteiger partial charge in [0.1, 0.15) is 12.1 Å². The van der Waals surface area contributed by atoms with Gasteiger partial charge in [-0.2, -0.15) is 5.10 Å². The summed E-state index contributed by atoms with van der Waals surface area (Å²) in [4.78, 5) is 4.28. The summed E-state index contributed by atoms with van der Waals surface area (Å²) in [6.45, 7) is 1.92. The van der Waals surface area contributed by atoms with Crippen molar-refractivity contribution in [3.05, 3.63) is 89.2 Å². The van der Waals surface area contributed by atoms with Crippen LogP contribution >= 0.6 is 23.8 Å². The van der Waals surface area contributed by atoms with E-state index in [9.17, 15) is 13.2 Å². The Balaban J connectivity index is 1.41. The second-order valence-corrected chi connectivity index (χ2v) is 8.03. The van der Waals surface area contributed by atoms with Gasteiger partial charge in [0.2, 0.25) is 0 Å². The molecule has 0 spiro atoms. The van der Waals surface area contributed by atoms with Crippen molar-refractivity contribution in [1.82, 2.24) is 20.3 Å². The number of hydrazine groups is 1. The number of nitrogens with zero attached hydrogens (tertiary/aromatic N) is 5. The van der Waals surface area contributed by atoms with E-state index >= 15 is 0 Å². The summed E-state index contributed by atoms with van der Waals surface area (Å²) in [6, 6.07) is 18.2. The second-order valence-electron chi connectivity index (χ2n) is 7.42. The third kappa shape index (κ3) is 6.18. The van der Waals surface area contributed by atoms with E-state index < -0.39 is 6.36 Å². The van der Waals surface area contributed by atoms with E-state index in [0.717, 1.165) is 16.7 Å². The average molecular weight is 531 g/mol. The number of benzene rings is 3.